The zero-order valence-corrected chi connectivity index (χ0v) is 12.9. The summed E-state index contributed by atoms with van der Waals surface area (Å²) >= 11 is 3.85. The molecule has 2 aromatic carbocycles. The molecule has 0 bridgehead atoms. The number of rotatable bonds is 3. The molecule has 1 aliphatic rings. The quantitative estimate of drug-likeness (QED) is 0.686. The highest BCUT2D eigenvalue weighted by Gasteiger charge is 2.14. The number of benzene rings is 2. The molecule has 0 spiro atoms. The van der Waals surface area contributed by atoms with Crippen molar-refractivity contribution >= 4 is 15.9 Å². The van der Waals surface area contributed by atoms with E-state index in [0.29, 0.717) is 4.83 Å². The van der Waals surface area contributed by atoms with Gasteiger partial charge in [0.1, 0.15) is 0 Å². The first-order chi connectivity index (χ1) is 9.22. The first-order valence-corrected chi connectivity index (χ1v) is 7.95. The third-order valence-electron chi connectivity index (χ3n) is 4.02. The molecule has 98 valence electrons. The van der Waals surface area contributed by atoms with E-state index in [1.54, 1.807) is 11.1 Å². The molecule has 1 atom stereocenters. The number of alkyl halides is 1. The van der Waals surface area contributed by atoms with Crippen LogP contribution in [0.3, 0.4) is 0 Å². The molecule has 0 radical (unpaired) electrons. The summed E-state index contributed by atoms with van der Waals surface area (Å²) in [5.74, 6) is 0. The van der Waals surface area contributed by atoms with Crippen molar-refractivity contribution in [3.05, 3.63) is 70.3 Å². The lowest BCUT2D eigenvalue weighted by atomic mass is 10.00. The van der Waals surface area contributed by atoms with Crippen LogP contribution in [0.15, 0.2) is 42.5 Å². The van der Waals surface area contributed by atoms with Gasteiger partial charge >= 0.3 is 0 Å². The Morgan fingerprint density at radius 2 is 1.74 bits per heavy atom. The maximum absolute atomic E-state index is 3.85. The van der Waals surface area contributed by atoms with Gasteiger partial charge in [0.05, 0.1) is 0 Å². The minimum atomic E-state index is 0.418. The molecular formula is C18H19Br. The second-order valence-electron chi connectivity index (χ2n) is 5.54. The monoisotopic (exact) mass is 314 g/mol. The molecule has 0 N–H and O–H groups in total. The molecule has 0 aliphatic heterocycles. The van der Waals surface area contributed by atoms with Crippen LogP contribution in [0.1, 0.15) is 39.1 Å². The summed E-state index contributed by atoms with van der Waals surface area (Å²) in [6, 6.07) is 15.9. The highest BCUT2D eigenvalue weighted by molar-refractivity contribution is 9.09. The van der Waals surface area contributed by atoms with Crippen LogP contribution >= 0.6 is 15.9 Å². The van der Waals surface area contributed by atoms with Gasteiger partial charge < -0.3 is 0 Å². The number of halogens is 1. The van der Waals surface area contributed by atoms with E-state index in [-0.39, 0.29) is 0 Å². The molecule has 0 saturated carbocycles. The van der Waals surface area contributed by atoms with E-state index in [1.165, 1.54) is 36.0 Å². The lowest BCUT2D eigenvalue weighted by Crippen LogP contribution is -1.97. The largest absolute Gasteiger partial charge is 0.0835 e. The maximum atomic E-state index is 3.85. The lowest BCUT2D eigenvalue weighted by molar-refractivity contribution is 0.910. The Kier molecular flexibility index (Phi) is 3.74. The summed E-state index contributed by atoms with van der Waals surface area (Å²) in [6.45, 7) is 2.13. The van der Waals surface area contributed by atoms with Crippen LogP contribution in [0.5, 0.6) is 0 Å². The van der Waals surface area contributed by atoms with Crippen LogP contribution in [0.25, 0.3) is 0 Å². The van der Waals surface area contributed by atoms with Crippen LogP contribution in [-0.2, 0) is 19.3 Å². The fraction of sp³-hybridized carbons (Fsp3) is 0.333. The molecule has 1 unspecified atom stereocenters. The van der Waals surface area contributed by atoms with Gasteiger partial charge in [-0.05, 0) is 54.9 Å². The van der Waals surface area contributed by atoms with Crippen molar-refractivity contribution in [1.82, 2.24) is 0 Å². The molecule has 0 fully saturated rings. The van der Waals surface area contributed by atoms with Gasteiger partial charge in [-0.3, -0.25) is 0 Å². The van der Waals surface area contributed by atoms with Gasteiger partial charge in [0, 0.05) is 4.83 Å². The van der Waals surface area contributed by atoms with Crippen molar-refractivity contribution in [1.29, 1.82) is 0 Å². The minimum Gasteiger partial charge on any atom is -0.0835 e. The number of fused-ring (bicyclic) bond motifs is 1. The minimum absolute atomic E-state index is 0.418. The molecule has 1 aliphatic carbocycles. The van der Waals surface area contributed by atoms with E-state index >= 15 is 0 Å². The first kappa shape index (κ1) is 12.9. The third-order valence-corrected chi connectivity index (χ3v) is 4.87. The van der Waals surface area contributed by atoms with Crippen molar-refractivity contribution in [2.24, 2.45) is 0 Å². The Balaban J connectivity index is 1.76. The number of aryl methyl sites for hydroxylation is 3. The fourth-order valence-corrected chi connectivity index (χ4v) is 3.49. The van der Waals surface area contributed by atoms with E-state index in [2.05, 4.69) is 65.3 Å². The Bertz CT molecular complexity index is 569. The van der Waals surface area contributed by atoms with Crippen LogP contribution in [0.4, 0.5) is 0 Å². The zero-order valence-electron chi connectivity index (χ0n) is 11.3. The topological polar surface area (TPSA) is 0 Å². The Morgan fingerprint density at radius 1 is 1.00 bits per heavy atom. The zero-order chi connectivity index (χ0) is 13.2. The predicted octanol–water partition coefficient (Wildman–Crippen LogP) is 5.16. The predicted molar refractivity (Wildman–Crippen MR) is 85.0 cm³/mol. The summed E-state index contributed by atoms with van der Waals surface area (Å²) in [4.78, 5) is 0.418. The van der Waals surface area contributed by atoms with Crippen LogP contribution < -0.4 is 0 Å². The van der Waals surface area contributed by atoms with Crippen molar-refractivity contribution in [3.8, 4) is 0 Å². The SMILES string of the molecule is Cc1ccc(CC(Br)c2ccc3c(c2)CCC3)cc1. The van der Waals surface area contributed by atoms with Gasteiger partial charge in [-0.15, -0.1) is 0 Å². The van der Waals surface area contributed by atoms with Crippen molar-refractivity contribution < 1.29 is 0 Å². The van der Waals surface area contributed by atoms with Crippen LogP contribution in [0, 0.1) is 6.92 Å². The van der Waals surface area contributed by atoms with Gasteiger partial charge in [-0.1, -0.05) is 64.0 Å². The second kappa shape index (κ2) is 5.50. The summed E-state index contributed by atoms with van der Waals surface area (Å²) in [5, 5.41) is 0. The molecule has 0 nitrogen and oxygen atoms in total. The Labute approximate surface area is 124 Å². The average molecular weight is 315 g/mol. The van der Waals surface area contributed by atoms with E-state index < -0.39 is 0 Å². The molecule has 0 heterocycles. The van der Waals surface area contributed by atoms with E-state index in [1.807, 2.05) is 0 Å². The van der Waals surface area contributed by atoms with E-state index in [0.717, 1.165) is 6.42 Å². The molecule has 0 amide bonds. The fourth-order valence-electron chi connectivity index (χ4n) is 2.84. The van der Waals surface area contributed by atoms with Gasteiger partial charge in [-0.2, -0.15) is 0 Å². The van der Waals surface area contributed by atoms with Gasteiger partial charge in [0.25, 0.3) is 0 Å². The Morgan fingerprint density at radius 3 is 2.53 bits per heavy atom. The van der Waals surface area contributed by atoms with E-state index in [9.17, 15) is 0 Å². The lowest BCUT2D eigenvalue weighted by Gasteiger charge is -2.12. The molecule has 0 aromatic heterocycles. The first-order valence-electron chi connectivity index (χ1n) is 7.04. The summed E-state index contributed by atoms with van der Waals surface area (Å²) in [6.07, 6.45) is 4.90. The second-order valence-corrected chi connectivity index (χ2v) is 6.64. The van der Waals surface area contributed by atoms with Crippen LogP contribution in [0.2, 0.25) is 0 Å². The maximum Gasteiger partial charge on any atom is 0.0435 e. The van der Waals surface area contributed by atoms with Gasteiger partial charge in [0.15, 0.2) is 0 Å². The van der Waals surface area contributed by atoms with Crippen LogP contribution in [-0.4, -0.2) is 0 Å². The number of hydrogen-bond acceptors (Lipinski definition) is 0. The Hall–Kier alpha value is -1.08. The molecule has 3 rings (SSSR count). The highest BCUT2D eigenvalue weighted by atomic mass is 79.9. The summed E-state index contributed by atoms with van der Waals surface area (Å²) < 4.78 is 0. The smallest absolute Gasteiger partial charge is 0.0435 e. The number of hydrogen-bond donors (Lipinski definition) is 0. The molecular weight excluding hydrogens is 296 g/mol. The molecule has 1 heteroatoms. The average Bonchev–Trinajstić information content (AvgIpc) is 2.88. The molecule has 19 heavy (non-hydrogen) atoms. The van der Waals surface area contributed by atoms with Crippen molar-refractivity contribution in [2.45, 2.75) is 37.4 Å². The standard InChI is InChI=1S/C18H19Br/c1-13-5-7-14(8-6-13)11-18(19)17-10-9-15-3-2-4-16(15)12-17/h5-10,12,18H,2-4,11H2,1H3. The third kappa shape index (κ3) is 2.92. The van der Waals surface area contributed by atoms with Gasteiger partial charge in [0.2, 0.25) is 0 Å². The van der Waals surface area contributed by atoms with Crippen molar-refractivity contribution in [2.75, 3.05) is 0 Å². The molecule has 0 saturated heterocycles. The normalized spacial score (nSPS) is 15.3. The summed E-state index contributed by atoms with van der Waals surface area (Å²) in [5.41, 5.74) is 7.26. The molecule has 2 aromatic rings. The highest BCUT2D eigenvalue weighted by Crippen LogP contribution is 2.31. The van der Waals surface area contributed by atoms with Gasteiger partial charge in [-0.25, -0.2) is 0 Å². The summed E-state index contributed by atoms with van der Waals surface area (Å²) in [7, 11) is 0. The van der Waals surface area contributed by atoms with E-state index in [4.69, 9.17) is 0 Å². The van der Waals surface area contributed by atoms with Crippen molar-refractivity contribution in [3.63, 3.8) is 0 Å².